The van der Waals surface area contributed by atoms with E-state index in [9.17, 15) is 0 Å². The van der Waals surface area contributed by atoms with Crippen molar-refractivity contribution in [3.63, 3.8) is 0 Å². The summed E-state index contributed by atoms with van der Waals surface area (Å²) in [6.45, 7) is 16.5. The fourth-order valence-corrected chi connectivity index (χ4v) is 6.04. The number of hydrogen-bond donors (Lipinski definition) is 0. The smallest absolute Gasteiger partial charge is 0.451 e. The zero-order chi connectivity index (χ0) is 33.2. The molecular formula is C39H42B2O6. The fourth-order valence-electron chi connectivity index (χ4n) is 6.04. The van der Waals surface area contributed by atoms with Gasteiger partial charge in [-0.15, -0.1) is 0 Å². The SMILES string of the molecule is CC1(C)OB(c2ccc(OC(Oc3ccc(B4OC(C)(C)C(C)(C)O4)cc3)c3cc4ccccc4c4ccccc34)cc2)OC1(C)C. The van der Waals surface area contributed by atoms with Gasteiger partial charge in [-0.3, -0.25) is 0 Å². The minimum absolute atomic E-state index is 0.416. The highest BCUT2D eigenvalue weighted by Gasteiger charge is 2.52. The van der Waals surface area contributed by atoms with Crippen LogP contribution in [0.4, 0.5) is 0 Å². The number of hydrogen-bond acceptors (Lipinski definition) is 6. The molecule has 0 N–H and O–H groups in total. The van der Waals surface area contributed by atoms with Crippen molar-refractivity contribution >= 4 is 46.7 Å². The molecule has 6 nitrogen and oxygen atoms in total. The Kier molecular flexibility index (Phi) is 7.72. The van der Waals surface area contributed by atoms with Gasteiger partial charge < -0.3 is 28.1 Å². The second-order valence-corrected chi connectivity index (χ2v) is 14.6. The van der Waals surface area contributed by atoms with Gasteiger partial charge >= 0.3 is 14.2 Å². The molecular weight excluding hydrogens is 586 g/mol. The van der Waals surface area contributed by atoms with Gasteiger partial charge in [0.05, 0.1) is 22.4 Å². The summed E-state index contributed by atoms with van der Waals surface area (Å²) < 4.78 is 38.5. The van der Waals surface area contributed by atoms with Crippen LogP contribution in [0.1, 0.15) is 67.2 Å². The molecule has 2 aliphatic heterocycles. The average molecular weight is 628 g/mol. The normalized spacial score (nSPS) is 19.5. The predicted molar refractivity (Wildman–Crippen MR) is 190 cm³/mol. The Morgan fingerprint density at radius 2 is 0.851 bits per heavy atom. The maximum atomic E-state index is 6.69. The lowest BCUT2D eigenvalue weighted by Gasteiger charge is -2.32. The highest BCUT2D eigenvalue weighted by Crippen LogP contribution is 2.39. The van der Waals surface area contributed by atoms with E-state index in [4.69, 9.17) is 28.1 Å². The van der Waals surface area contributed by atoms with Crippen molar-refractivity contribution in [2.45, 2.75) is 84.1 Å². The third kappa shape index (κ3) is 5.82. The van der Waals surface area contributed by atoms with E-state index in [1.165, 1.54) is 5.39 Å². The van der Waals surface area contributed by atoms with Crippen molar-refractivity contribution in [3.05, 3.63) is 109 Å². The maximum Gasteiger partial charge on any atom is 0.494 e. The molecule has 2 heterocycles. The molecule has 0 aromatic heterocycles. The molecule has 0 aliphatic carbocycles. The lowest BCUT2D eigenvalue weighted by Crippen LogP contribution is -2.41. The monoisotopic (exact) mass is 628 g/mol. The van der Waals surface area contributed by atoms with E-state index < -0.39 is 42.9 Å². The van der Waals surface area contributed by atoms with Crippen LogP contribution in [0.2, 0.25) is 0 Å². The quantitative estimate of drug-likeness (QED) is 0.104. The van der Waals surface area contributed by atoms with E-state index in [0.717, 1.165) is 32.6 Å². The van der Waals surface area contributed by atoms with Crippen LogP contribution in [0.3, 0.4) is 0 Å². The molecule has 2 fully saturated rings. The van der Waals surface area contributed by atoms with Gasteiger partial charge in [-0.1, -0.05) is 72.8 Å². The molecule has 2 saturated heterocycles. The molecule has 8 heteroatoms. The summed E-state index contributed by atoms with van der Waals surface area (Å²) in [7, 11) is -0.902. The van der Waals surface area contributed by atoms with Gasteiger partial charge in [0, 0.05) is 5.56 Å². The van der Waals surface area contributed by atoms with Gasteiger partial charge in [-0.2, -0.15) is 0 Å². The molecule has 0 unspecified atom stereocenters. The number of benzene rings is 5. The first-order chi connectivity index (χ1) is 22.2. The molecule has 5 aromatic carbocycles. The number of ether oxygens (including phenoxy) is 2. The topological polar surface area (TPSA) is 55.4 Å². The second kappa shape index (κ2) is 11.4. The molecule has 0 radical (unpaired) electrons. The van der Waals surface area contributed by atoms with Gasteiger partial charge in [-0.05, 0) is 118 Å². The summed E-state index contributed by atoms with van der Waals surface area (Å²) in [5, 5.41) is 4.51. The summed E-state index contributed by atoms with van der Waals surface area (Å²) >= 11 is 0. The highest BCUT2D eigenvalue weighted by molar-refractivity contribution is 6.62. The Hall–Kier alpha value is -3.81. The van der Waals surface area contributed by atoms with Crippen molar-refractivity contribution in [2.75, 3.05) is 0 Å². The predicted octanol–water partition coefficient (Wildman–Crippen LogP) is 7.75. The van der Waals surface area contributed by atoms with Crippen molar-refractivity contribution < 1.29 is 28.1 Å². The zero-order valence-corrected chi connectivity index (χ0v) is 28.5. The fraction of sp³-hybridized carbons (Fsp3) is 0.333. The minimum atomic E-state index is -0.741. The zero-order valence-electron chi connectivity index (χ0n) is 28.5. The van der Waals surface area contributed by atoms with Crippen molar-refractivity contribution in [1.29, 1.82) is 0 Å². The summed E-state index contributed by atoms with van der Waals surface area (Å²) in [5.41, 5.74) is 1.14. The Morgan fingerprint density at radius 3 is 1.30 bits per heavy atom. The van der Waals surface area contributed by atoms with E-state index in [-0.39, 0.29) is 0 Å². The van der Waals surface area contributed by atoms with Gasteiger partial charge in [-0.25, -0.2) is 0 Å². The van der Waals surface area contributed by atoms with Crippen LogP contribution in [0.25, 0.3) is 21.5 Å². The molecule has 7 rings (SSSR count). The van der Waals surface area contributed by atoms with Crippen molar-refractivity contribution in [1.82, 2.24) is 0 Å². The lowest BCUT2D eigenvalue weighted by atomic mass is 9.79. The van der Waals surface area contributed by atoms with Crippen LogP contribution in [0.5, 0.6) is 11.5 Å². The molecule has 5 aromatic rings. The van der Waals surface area contributed by atoms with Crippen LogP contribution in [0, 0.1) is 0 Å². The molecule has 47 heavy (non-hydrogen) atoms. The van der Waals surface area contributed by atoms with Crippen molar-refractivity contribution in [3.8, 4) is 11.5 Å². The Bertz CT molecular complexity index is 1800. The first-order valence-electron chi connectivity index (χ1n) is 16.4. The maximum absolute atomic E-state index is 6.69. The van der Waals surface area contributed by atoms with E-state index in [1.807, 2.05) is 48.5 Å². The summed E-state index contributed by atoms with van der Waals surface area (Å²) in [6.07, 6.45) is -0.741. The van der Waals surface area contributed by atoms with Crippen LogP contribution >= 0.6 is 0 Å². The standard InChI is InChI=1S/C39H42B2O6/c1-36(2)37(3,4)45-40(44-36)27-17-21-29(22-18-27)42-35(34-25-26-13-9-10-14-31(26)32-15-11-12-16-33(32)34)43-30-23-19-28(20-24-30)41-46-38(5,6)39(7,8)47-41/h9-25,35H,1-8H3. The third-order valence-corrected chi connectivity index (χ3v) is 10.4. The molecule has 0 amide bonds. The highest BCUT2D eigenvalue weighted by atomic mass is 16.7. The van der Waals surface area contributed by atoms with E-state index in [1.54, 1.807) is 0 Å². The Labute approximate surface area is 278 Å². The van der Waals surface area contributed by atoms with E-state index in [2.05, 4.69) is 110 Å². The lowest BCUT2D eigenvalue weighted by molar-refractivity contribution is 0.00514. The van der Waals surface area contributed by atoms with Gasteiger partial charge in [0.2, 0.25) is 0 Å². The van der Waals surface area contributed by atoms with E-state index in [0.29, 0.717) is 11.5 Å². The van der Waals surface area contributed by atoms with Crippen LogP contribution in [-0.2, 0) is 18.6 Å². The first-order valence-corrected chi connectivity index (χ1v) is 16.4. The molecule has 0 saturated carbocycles. The summed E-state index contributed by atoms with van der Waals surface area (Å²) in [5.74, 6) is 1.34. The molecule has 0 atom stereocenters. The number of rotatable bonds is 7. The third-order valence-electron chi connectivity index (χ3n) is 10.4. The van der Waals surface area contributed by atoms with Crippen LogP contribution in [0.15, 0.2) is 103 Å². The van der Waals surface area contributed by atoms with Crippen LogP contribution in [-0.4, -0.2) is 36.6 Å². The Morgan fingerprint density at radius 1 is 0.468 bits per heavy atom. The average Bonchev–Trinajstić information content (AvgIpc) is 3.40. The van der Waals surface area contributed by atoms with Crippen LogP contribution < -0.4 is 20.4 Å². The van der Waals surface area contributed by atoms with Gasteiger partial charge in [0.15, 0.2) is 0 Å². The number of fused-ring (bicyclic) bond motifs is 3. The summed E-state index contributed by atoms with van der Waals surface area (Å²) in [6, 6.07) is 34.7. The molecule has 0 spiro atoms. The molecule has 240 valence electrons. The molecule has 0 bridgehead atoms. The second-order valence-electron chi connectivity index (χ2n) is 14.6. The van der Waals surface area contributed by atoms with Gasteiger partial charge in [0.25, 0.3) is 6.29 Å². The largest absolute Gasteiger partial charge is 0.494 e. The summed E-state index contributed by atoms with van der Waals surface area (Å²) in [4.78, 5) is 0. The van der Waals surface area contributed by atoms with Gasteiger partial charge in [0.1, 0.15) is 11.5 Å². The Balaban J connectivity index is 1.21. The van der Waals surface area contributed by atoms with E-state index >= 15 is 0 Å². The molecule has 2 aliphatic rings. The minimum Gasteiger partial charge on any atom is -0.451 e. The van der Waals surface area contributed by atoms with Crippen molar-refractivity contribution in [2.24, 2.45) is 0 Å². The first kappa shape index (κ1) is 31.8.